The molecular formula is C21H21FN2O3. The van der Waals surface area contributed by atoms with E-state index in [-0.39, 0.29) is 11.9 Å². The lowest BCUT2D eigenvalue weighted by Crippen LogP contribution is -2.31. The minimum absolute atomic E-state index is 0.0510. The predicted octanol–water partition coefficient (Wildman–Crippen LogP) is 4.56. The van der Waals surface area contributed by atoms with Gasteiger partial charge in [0, 0.05) is 18.0 Å². The Bertz CT molecular complexity index is 865. The van der Waals surface area contributed by atoms with Gasteiger partial charge in [0.1, 0.15) is 23.1 Å². The van der Waals surface area contributed by atoms with Gasteiger partial charge in [-0.2, -0.15) is 0 Å². The molecule has 3 aromatic rings. The van der Waals surface area contributed by atoms with Crippen molar-refractivity contribution in [3.8, 4) is 11.5 Å². The number of H-pyrrole nitrogens is 1. The minimum atomic E-state index is -0.868. The van der Waals surface area contributed by atoms with E-state index in [0.29, 0.717) is 24.5 Å². The fourth-order valence-corrected chi connectivity index (χ4v) is 3.14. The van der Waals surface area contributed by atoms with Crippen LogP contribution in [-0.2, 0) is 21.7 Å². The summed E-state index contributed by atoms with van der Waals surface area (Å²) in [5.41, 5.74) is 0.904. The number of nitrogens with zero attached hydrogens (tertiary/aromatic N) is 1. The van der Waals surface area contributed by atoms with Crippen LogP contribution in [-0.4, -0.2) is 22.7 Å². The Morgan fingerprint density at radius 3 is 2.44 bits per heavy atom. The molecule has 0 spiro atoms. The highest BCUT2D eigenvalue weighted by Crippen LogP contribution is 2.38. The van der Waals surface area contributed by atoms with Gasteiger partial charge in [-0.1, -0.05) is 6.92 Å². The molecule has 0 radical (unpaired) electrons. The summed E-state index contributed by atoms with van der Waals surface area (Å²) in [5.74, 6) is 0.877. The maximum absolute atomic E-state index is 13.0. The van der Waals surface area contributed by atoms with Crippen molar-refractivity contribution in [3.63, 3.8) is 0 Å². The first-order chi connectivity index (χ1) is 13.2. The van der Waals surface area contributed by atoms with Gasteiger partial charge in [-0.3, -0.25) is 0 Å². The van der Waals surface area contributed by atoms with Crippen LogP contribution < -0.4 is 4.74 Å². The standard InChI is InChI=1S/C21H21FN2O3/c1-2-17-14-25-21(27-17,13-20-23-11-12-24-20)15-3-7-18(8-4-15)26-19-9-5-16(22)6-10-19/h3-12,17H,2,13-14H2,1H3,(H,23,24). The van der Waals surface area contributed by atoms with Gasteiger partial charge >= 0.3 is 0 Å². The number of hydrogen-bond acceptors (Lipinski definition) is 4. The van der Waals surface area contributed by atoms with Crippen molar-refractivity contribution in [1.29, 1.82) is 0 Å². The lowest BCUT2D eigenvalue weighted by atomic mass is 10.0. The molecule has 2 atom stereocenters. The SMILES string of the molecule is CCC1COC(Cc2ncc[nH]2)(c2ccc(Oc3ccc(F)cc3)cc2)O1. The van der Waals surface area contributed by atoms with Crippen molar-refractivity contribution in [2.24, 2.45) is 0 Å². The van der Waals surface area contributed by atoms with Crippen LogP contribution in [0.1, 0.15) is 24.7 Å². The molecule has 1 aliphatic heterocycles. The van der Waals surface area contributed by atoms with Gasteiger partial charge in [-0.05, 0) is 55.0 Å². The highest BCUT2D eigenvalue weighted by molar-refractivity contribution is 5.35. The molecule has 0 saturated carbocycles. The van der Waals surface area contributed by atoms with Crippen LogP contribution >= 0.6 is 0 Å². The monoisotopic (exact) mass is 368 g/mol. The summed E-state index contributed by atoms with van der Waals surface area (Å²) in [5, 5.41) is 0. The smallest absolute Gasteiger partial charge is 0.202 e. The number of aromatic amines is 1. The summed E-state index contributed by atoms with van der Waals surface area (Å²) in [6.07, 6.45) is 4.93. The third kappa shape index (κ3) is 3.86. The van der Waals surface area contributed by atoms with Crippen LogP contribution in [0.2, 0.25) is 0 Å². The molecule has 2 aromatic carbocycles. The zero-order valence-corrected chi connectivity index (χ0v) is 15.0. The summed E-state index contributed by atoms with van der Waals surface area (Å²) in [6, 6.07) is 13.5. The molecule has 1 saturated heterocycles. The lowest BCUT2D eigenvalue weighted by Gasteiger charge is -2.28. The topological polar surface area (TPSA) is 56.4 Å². The van der Waals surface area contributed by atoms with Gasteiger partial charge in [0.05, 0.1) is 19.1 Å². The van der Waals surface area contributed by atoms with E-state index in [0.717, 1.165) is 17.8 Å². The van der Waals surface area contributed by atoms with E-state index in [2.05, 4.69) is 16.9 Å². The Kier molecular flexibility index (Phi) is 4.92. The quantitative estimate of drug-likeness (QED) is 0.693. The van der Waals surface area contributed by atoms with Crippen molar-refractivity contribution >= 4 is 0 Å². The largest absolute Gasteiger partial charge is 0.457 e. The first-order valence-electron chi connectivity index (χ1n) is 9.01. The normalized spacial score (nSPS) is 22.1. The molecule has 4 rings (SSSR count). The fourth-order valence-electron chi connectivity index (χ4n) is 3.14. The molecule has 140 valence electrons. The summed E-state index contributed by atoms with van der Waals surface area (Å²) in [4.78, 5) is 7.42. The van der Waals surface area contributed by atoms with E-state index >= 15 is 0 Å². The Balaban J connectivity index is 1.56. The molecule has 2 unspecified atom stereocenters. The van der Waals surface area contributed by atoms with Crippen LogP contribution in [0.4, 0.5) is 4.39 Å². The second-order valence-electron chi connectivity index (χ2n) is 6.51. The minimum Gasteiger partial charge on any atom is -0.457 e. The molecule has 0 bridgehead atoms. The van der Waals surface area contributed by atoms with Crippen molar-refractivity contribution < 1.29 is 18.6 Å². The Morgan fingerprint density at radius 2 is 1.85 bits per heavy atom. The predicted molar refractivity (Wildman–Crippen MR) is 98.0 cm³/mol. The maximum atomic E-state index is 13.0. The molecular weight excluding hydrogens is 347 g/mol. The van der Waals surface area contributed by atoms with E-state index in [1.807, 2.05) is 24.3 Å². The molecule has 1 N–H and O–H groups in total. The molecule has 1 aromatic heterocycles. The van der Waals surface area contributed by atoms with Crippen LogP contribution in [0.15, 0.2) is 60.9 Å². The van der Waals surface area contributed by atoms with E-state index in [1.54, 1.807) is 24.5 Å². The first-order valence-corrected chi connectivity index (χ1v) is 9.01. The molecule has 6 heteroatoms. The Labute approximate surface area is 157 Å². The third-order valence-electron chi connectivity index (χ3n) is 4.61. The molecule has 0 aliphatic carbocycles. The number of imidazole rings is 1. The van der Waals surface area contributed by atoms with E-state index in [9.17, 15) is 4.39 Å². The number of halogens is 1. The summed E-state index contributed by atoms with van der Waals surface area (Å²) in [6.45, 7) is 2.63. The molecule has 0 amide bonds. The Hall–Kier alpha value is -2.70. The van der Waals surface area contributed by atoms with Gasteiger partial charge in [-0.25, -0.2) is 9.37 Å². The second-order valence-corrected chi connectivity index (χ2v) is 6.51. The molecule has 5 nitrogen and oxygen atoms in total. The summed E-state index contributed by atoms with van der Waals surface area (Å²) in [7, 11) is 0. The van der Waals surface area contributed by atoms with Gasteiger partial charge < -0.3 is 19.2 Å². The van der Waals surface area contributed by atoms with E-state index in [1.165, 1.54) is 12.1 Å². The average Bonchev–Trinajstić information content (AvgIpc) is 3.35. The van der Waals surface area contributed by atoms with Crippen LogP contribution in [0, 0.1) is 5.82 Å². The zero-order chi connectivity index (χ0) is 18.7. The molecule has 27 heavy (non-hydrogen) atoms. The number of ether oxygens (including phenoxy) is 3. The number of nitrogens with one attached hydrogen (secondary N) is 1. The van der Waals surface area contributed by atoms with E-state index in [4.69, 9.17) is 14.2 Å². The van der Waals surface area contributed by atoms with Crippen molar-refractivity contribution in [3.05, 3.63) is 78.1 Å². The second kappa shape index (κ2) is 7.50. The third-order valence-corrected chi connectivity index (χ3v) is 4.61. The van der Waals surface area contributed by atoms with Crippen molar-refractivity contribution in [2.75, 3.05) is 6.61 Å². The number of rotatable bonds is 6. The highest BCUT2D eigenvalue weighted by Gasteiger charge is 2.43. The number of benzene rings is 2. The molecule has 1 aliphatic rings. The van der Waals surface area contributed by atoms with Gasteiger partial charge in [-0.15, -0.1) is 0 Å². The van der Waals surface area contributed by atoms with Crippen LogP contribution in [0.25, 0.3) is 0 Å². The number of aromatic nitrogens is 2. The molecule has 2 heterocycles. The highest BCUT2D eigenvalue weighted by atomic mass is 19.1. The van der Waals surface area contributed by atoms with Crippen LogP contribution in [0.3, 0.4) is 0 Å². The summed E-state index contributed by atoms with van der Waals surface area (Å²) < 4.78 is 31.2. The fraction of sp³-hybridized carbons (Fsp3) is 0.286. The van der Waals surface area contributed by atoms with Crippen molar-refractivity contribution in [2.45, 2.75) is 31.7 Å². The molecule has 1 fully saturated rings. The van der Waals surface area contributed by atoms with Gasteiger partial charge in [0.15, 0.2) is 0 Å². The first kappa shape index (κ1) is 17.7. The van der Waals surface area contributed by atoms with Crippen molar-refractivity contribution in [1.82, 2.24) is 9.97 Å². The van der Waals surface area contributed by atoms with Gasteiger partial charge in [0.25, 0.3) is 0 Å². The average molecular weight is 368 g/mol. The Morgan fingerprint density at radius 1 is 1.15 bits per heavy atom. The zero-order valence-electron chi connectivity index (χ0n) is 15.0. The van der Waals surface area contributed by atoms with Gasteiger partial charge in [0.2, 0.25) is 5.79 Å². The number of hydrogen-bond donors (Lipinski definition) is 1. The van der Waals surface area contributed by atoms with Crippen LogP contribution in [0.5, 0.6) is 11.5 Å². The van der Waals surface area contributed by atoms with E-state index < -0.39 is 5.79 Å². The summed E-state index contributed by atoms with van der Waals surface area (Å²) >= 11 is 0. The maximum Gasteiger partial charge on any atom is 0.202 e. The lowest BCUT2D eigenvalue weighted by molar-refractivity contribution is -0.177.